The number of amides is 3. The first-order valence-electron chi connectivity index (χ1n) is 23.7. The molecule has 0 radical (unpaired) electrons. The van der Waals surface area contributed by atoms with E-state index in [-0.39, 0.29) is 57.6 Å². The van der Waals surface area contributed by atoms with Crippen LogP contribution in [0.5, 0.6) is 5.75 Å². The predicted octanol–water partition coefficient (Wildman–Crippen LogP) is 7.60. The summed E-state index contributed by atoms with van der Waals surface area (Å²) in [5.74, 6) is -2.69. The molecule has 0 spiro atoms. The van der Waals surface area contributed by atoms with Crippen LogP contribution in [-0.2, 0) is 82.0 Å². The van der Waals surface area contributed by atoms with E-state index >= 15 is 0 Å². The molecule has 4 rings (SSSR count). The molecule has 3 amide bonds. The summed E-state index contributed by atoms with van der Waals surface area (Å²) < 4.78 is 34.9. The van der Waals surface area contributed by atoms with Gasteiger partial charge >= 0.3 is 36.2 Å². The van der Waals surface area contributed by atoms with Crippen molar-refractivity contribution in [2.75, 3.05) is 0 Å². The average Bonchev–Trinajstić information content (AvgIpc) is 3.29. The number of carbonyl (C=O) groups is 6. The summed E-state index contributed by atoms with van der Waals surface area (Å²) >= 11 is 0. The lowest BCUT2D eigenvalue weighted by Crippen LogP contribution is -2.46. The highest BCUT2D eigenvalue weighted by Gasteiger charge is 2.32. The Morgan fingerprint density at radius 1 is 0.507 bits per heavy atom. The minimum Gasteiger partial charge on any atom is -0.868 e. The van der Waals surface area contributed by atoms with Crippen molar-refractivity contribution in [1.82, 2.24) is 16.0 Å². The van der Waals surface area contributed by atoms with Gasteiger partial charge in [-0.15, -0.1) is 0 Å². The van der Waals surface area contributed by atoms with E-state index in [1.807, 2.05) is 42.5 Å². The summed E-state index contributed by atoms with van der Waals surface area (Å²) in [6.07, 6.45) is 1.08. The molecule has 0 aliphatic rings. The maximum absolute atomic E-state index is 14.3. The number of ether oxygens (including phenoxy) is 6. The molecule has 0 saturated carbocycles. The van der Waals surface area contributed by atoms with Crippen molar-refractivity contribution >= 4 is 36.2 Å². The fourth-order valence-electron chi connectivity index (χ4n) is 6.96. The number of hydrogen-bond acceptors (Lipinski definition) is 13. The zero-order valence-electron chi connectivity index (χ0n) is 42.4. The Balaban J connectivity index is 1.61. The first-order chi connectivity index (χ1) is 33.4. The second-order valence-electron chi connectivity index (χ2n) is 20.0. The molecule has 0 aliphatic heterocycles. The summed E-state index contributed by atoms with van der Waals surface area (Å²) in [6.45, 7) is 15.4. The molecule has 71 heavy (non-hydrogen) atoms. The standard InChI is InChI=1S/C54H70N4O13/c1-52(2,3)69-46(60)42(55-49(63)66-34-37-21-13-10-14-22-37)27-19-20-30-58-32-40(28-29-43(47(61)70-53(4,5)6)56-50(64)67-35-38-23-15-11-16-24-38)41(45(59)33-58)31-44(48(62)71-54(7,8)9)57-51(65)68-36-39-25-17-12-18-26-39/h10-18,21-26,32-33,42-44H,19-20,27-31,34-36H2,1-9H3,(H3-,55,56,57,59,63,64,65)/t42-,43-,44-/m0/s1. The quantitative estimate of drug-likeness (QED) is 0.0299. The van der Waals surface area contributed by atoms with Gasteiger partial charge in [0.2, 0.25) is 0 Å². The SMILES string of the molecule is CC(C)(C)OC(=O)[C@H](CCCC[n+]1cc([O-])c(C[C@H](NC(=O)OCc2ccccc2)C(=O)OC(C)(C)C)c(CC[C@H](NC(=O)OCc2ccccc2)C(=O)OC(C)(C)C)c1)NC(=O)OCc1ccccc1. The lowest BCUT2D eigenvalue weighted by molar-refractivity contribution is -0.700. The van der Waals surface area contributed by atoms with Crippen LogP contribution in [0, 0.1) is 0 Å². The number of aromatic nitrogens is 1. The van der Waals surface area contributed by atoms with Crippen LogP contribution in [-0.4, -0.2) is 71.1 Å². The first kappa shape index (κ1) is 56.4. The topological polar surface area (TPSA) is 221 Å². The molecule has 1 heterocycles. The van der Waals surface area contributed by atoms with Crippen LogP contribution in [0.4, 0.5) is 14.4 Å². The Hall–Kier alpha value is -7.17. The molecule has 0 bridgehead atoms. The Bertz CT molecular complexity index is 2360. The molecular weight excluding hydrogens is 913 g/mol. The molecule has 384 valence electrons. The zero-order valence-corrected chi connectivity index (χ0v) is 42.4. The fraction of sp³-hybridized carbons (Fsp3) is 0.463. The minimum atomic E-state index is -1.38. The number of nitrogens with zero attached hydrogens (tertiary/aromatic N) is 1. The van der Waals surface area contributed by atoms with E-state index in [1.165, 1.54) is 6.20 Å². The Labute approximate surface area is 416 Å². The maximum atomic E-state index is 14.3. The molecule has 17 heteroatoms. The second-order valence-corrected chi connectivity index (χ2v) is 20.0. The first-order valence-corrected chi connectivity index (χ1v) is 23.7. The maximum Gasteiger partial charge on any atom is 0.408 e. The van der Waals surface area contributed by atoms with Crippen molar-refractivity contribution in [2.24, 2.45) is 0 Å². The van der Waals surface area contributed by atoms with Crippen LogP contribution in [0.3, 0.4) is 0 Å². The molecular formula is C54H70N4O13. The van der Waals surface area contributed by atoms with Gasteiger partial charge in [0.05, 0.1) is 0 Å². The van der Waals surface area contributed by atoms with Crippen LogP contribution in [0.25, 0.3) is 0 Å². The van der Waals surface area contributed by atoms with Gasteiger partial charge in [0.25, 0.3) is 0 Å². The second kappa shape index (κ2) is 26.7. The number of benzene rings is 3. The van der Waals surface area contributed by atoms with E-state index in [4.69, 9.17) is 28.4 Å². The number of pyridine rings is 1. The molecule has 3 aromatic carbocycles. The summed E-state index contributed by atoms with van der Waals surface area (Å²) in [5.41, 5.74) is 0.0333. The smallest absolute Gasteiger partial charge is 0.408 e. The van der Waals surface area contributed by atoms with Gasteiger partial charge < -0.3 is 49.5 Å². The normalized spacial score (nSPS) is 12.8. The number of hydrogen-bond donors (Lipinski definition) is 3. The van der Waals surface area contributed by atoms with Gasteiger partial charge in [-0.25, -0.2) is 33.3 Å². The molecule has 1 aromatic heterocycles. The number of esters is 3. The third-order valence-electron chi connectivity index (χ3n) is 10.1. The molecule has 4 aromatic rings. The number of rotatable bonds is 22. The minimum absolute atomic E-state index is 0.0000634. The summed E-state index contributed by atoms with van der Waals surface area (Å²) in [5, 5.41) is 22.1. The Kier molecular flexibility index (Phi) is 21.2. The van der Waals surface area contributed by atoms with Crippen molar-refractivity contribution in [3.8, 4) is 5.75 Å². The van der Waals surface area contributed by atoms with Gasteiger partial charge in [0, 0.05) is 18.4 Å². The Morgan fingerprint density at radius 2 is 0.873 bits per heavy atom. The molecule has 0 aliphatic carbocycles. The van der Waals surface area contributed by atoms with Crippen LogP contribution >= 0.6 is 0 Å². The van der Waals surface area contributed by atoms with Gasteiger partial charge in [-0.2, -0.15) is 0 Å². The van der Waals surface area contributed by atoms with Crippen LogP contribution in [0.15, 0.2) is 103 Å². The number of unbranched alkanes of at least 4 members (excludes halogenated alkanes) is 1. The summed E-state index contributed by atoms with van der Waals surface area (Å²) in [6, 6.07) is 23.4. The number of nitrogens with one attached hydrogen (secondary N) is 3. The van der Waals surface area contributed by atoms with Crippen molar-refractivity contribution in [1.29, 1.82) is 0 Å². The van der Waals surface area contributed by atoms with E-state index in [0.29, 0.717) is 24.0 Å². The fourth-order valence-corrected chi connectivity index (χ4v) is 6.96. The third-order valence-corrected chi connectivity index (χ3v) is 10.1. The van der Waals surface area contributed by atoms with Gasteiger partial charge in [0.15, 0.2) is 12.4 Å². The van der Waals surface area contributed by atoms with Gasteiger partial charge in [0.1, 0.15) is 61.3 Å². The average molecular weight is 983 g/mol. The number of aryl methyl sites for hydroxylation is 2. The third kappa shape index (κ3) is 22.0. The Morgan fingerprint density at radius 3 is 1.27 bits per heavy atom. The number of alkyl carbamates (subject to hydrolysis) is 3. The van der Waals surface area contributed by atoms with Crippen LogP contribution < -0.4 is 25.6 Å². The lowest BCUT2D eigenvalue weighted by Gasteiger charge is -2.27. The van der Waals surface area contributed by atoms with E-state index in [9.17, 15) is 33.9 Å². The highest BCUT2D eigenvalue weighted by atomic mass is 16.6. The van der Waals surface area contributed by atoms with Crippen molar-refractivity contribution < 1.29 is 66.9 Å². The largest absolute Gasteiger partial charge is 0.868 e. The van der Waals surface area contributed by atoms with Crippen molar-refractivity contribution in [3.05, 3.63) is 131 Å². The molecule has 0 fully saturated rings. The van der Waals surface area contributed by atoms with E-state index in [0.717, 1.165) is 11.1 Å². The molecule has 0 unspecified atom stereocenters. The van der Waals surface area contributed by atoms with Crippen LogP contribution in [0.2, 0.25) is 0 Å². The van der Waals surface area contributed by atoms with Gasteiger partial charge in [-0.05, 0) is 116 Å². The van der Waals surface area contributed by atoms with E-state index < -0.39 is 76.9 Å². The predicted molar refractivity (Wildman–Crippen MR) is 260 cm³/mol. The van der Waals surface area contributed by atoms with E-state index in [2.05, 4.69) is 16.0 Å². The highest BCUT2D eigenvalue weighted by Crippen LogP contribution is 2.24. The highest BCUT2D eigenvalue weighted by molar-refractivity contribution is 5.83. The van der Waals surface area contributed by atoms with Crippen LogP contribution in [0.1, 0.15) is 116 Å². The number of carbonyl (C=O) groups excluding carboxylic acids is 6. The zero-order chi connectivity index (χ0) is 52.2. The molecule has 3 N–H and O–H groups in total. The van der Waals surface area contributed by atoms with Crippen molar-refractivity contribution in [2.45, 2.75) is 162 Å². The summed E-state index contributed by atoms with van der Waals surface area (Å²) in [7, 11) is 0. The van der Waals surface area contributed by atoms with Gasteiger partial charge in [-0.3, -0.25) is 0 Å². The van der Waals surface area contributed by atoms with E-state index in [1.54, 1.807) is 122 Å². The molecule has 17 nitrogen and oxygen atoms in total. The molecule has 0 saturated heterocycles. The van der Waals surface area contributed by atoms with Gasteiger partial charge in [-0.1, -0.05) is 91.0 Å². The summed E-state index contributed by atoms with van der Waals surface area (Å²) in [4.78, 5) is 80.0. The van der Waals surface area contributed by atoms with Crippen molar-refractivity contribution in [3.63, 3.8) is 0 Å². The lowest BCUT2D eigenvalue weighted by atomic mass is 9.96. The monoisotopic (exact) mass is 982 g/mol. The molecule has 3 atom stereocenters.